The molecule has 0 saturated heterocycles. The van der Waals surface area contributed by atoms with E-state index in [4.69, 9.17) is 9.97 Å². The first kappa shape index (κ1) is 20.4. The number of fused-ring (bicyclic) bond motifs is 8. The fraction of sp³-hybridized carbons (Fsp3) is 0.138. The second-order valence-corrected chi connectivity index (χ2v) is 8.92. The number of nitrogens with one attached hydrogen (secondary N) is 2. The number of aryl methyl sites for hydroxylation is 4. The minimum absolute atomic E-state index is 0.887. The molecule has 8 bridgehead atoms. The van der Waals surface area contributed by atoms with E-state index >= 15 is 0 Å². The molecule has 34 heavy (non-hydrogen) atoms. The van der Waals surface area contributed by atoms with E-state index in [2.05, 4.69) is 85.2 Å². The van der Waals surface area contributed by atoms with Gasteiger partial charge < -0.3 is 9.97 Å². The lowest BCUT2D eigenvalue weighted by atomic mass is 10.1. The minimum atomic E-state index is 0.887. The van der Waals surface area contributed by atoms with Crippen LogP contribution < -0.4 is 0 Å². The maximum absolute atomic E-state index is 5.04. The zero-order valence-electron chi connectivity index (χ0n) is 19.7. The molecule has 0 fully saturated rings. The largest absolute Gasteiger partial charge is 0.355 e. The fourth-order valence-corrected chi connectivity index (χ4v) is 4.73. The van der Waals surface area contributed by atoms with Crippen LogP contribution in [0.5, 0.6) is 0 Å². The highest BCUT2D eigenvalue weighted by atomic mass is 14.8. The lowest BCUT2D eigenvalue weighted by Gasteiger charge is -2.02. The van der Waals surface area contributed by atoms with Crippen LogP contribution in [0.2, 0.25) is 0 Å². The van der Waals surface area contributed by atoms with E-state index in [1.807, 2.05) is 24.4 Å². The van der Waals surface area contributed by atoms with Crippen molar-refractivity contribution >= 4 is 46.4 Å². The quantitative estimate of drug-likeness (QED) is 0.289. The average molecular weight is 444 g/mol. The van der Waals surface area contributed by atoms with Crippen molar-refractivity contribution in [1.29, 1.82) is 0 Å². The van der Waals surface area contributed by atoms with Crippen molar-refractivity contribution in [1.82, 2.24) is 24.9 Å². The number of pyridine rings is 1. The molecule has 6 rings (SSSR count). The van der Waals surface area contributed by atoms with Crippen molar-refractivity contribution in [2.45, 2.75) is 27.7 Å². The summed E-state index contributed by atoms with van der Waals surface area (Å²) < 4.78 is 0. The van der Waals surface area contributed by atoms with Crippen LogP contribution in [-0.2, 0) is 0 Å². The summed E-state index contributed by atoms with van der Waals surface area (Å²) in [6, 6.07) is 12.4. The molecule has 0 aliphatic carbocycles. The van der Waals surface area contributed by atoms with Crippen LogP contribution in [0.4, 0.5) is 0 Å². The third kappa shape index (κ3) is 3.20. The lowest BCUT2D eigenvalue weighted by Crippen LogP contribution is -1.89. The third-order valence-electron chi connectivity index (χ3n) is 6.76. The Hall–Kier alpha value is -4.25. The van der Waals surface area contributed by atoms with E-state index in [-0.39, 0.29) is 0 Å². The molecular weight excluding hydrogens is 418 g/mol. The SMILES string of the molecule is Cc1c2nc(c(-c3ccccn3)c3cc(C)c([nH]3)c(C)c3nc(c(C)c4ccc1[nH]4)C=C3)C=C2. The standard InChI is InChI=1S/C29H25N5/c1-16-15-27-28(25-7-5-6-14-30-25)26-13-12-23(33-26)18(3)21-9-8-20(31-21)17(2)22-10-11-24(32-22)19(4)29(16)34-27/h5-15,31,34H,1-4H3. The first-order chi connectivity index (χ1) is 16.5. The Balaban J connectivity index is 1.82. The molecule has 0 atom stereocenters. The molecule has 4 aromatic heterocycles. The van der Waals surface area contributed by atoms with Crippen LogP contribution in [0.25, 0.3) is 57.6 Å². The van der Waals surface area contributed by atoms with E-state index in [0.717, 1.165) is 72.8 Å². The first-order valence-electron chi connectivity index (χ1n) is 11.5. The summed E-state index contributed by atoms with van der Waals surface area (Å²) in [4.78, 5) is 21.9. The van der Waals surface area contributed by atoms with Gasteiger partial charge in [-0.3, -0.25) is 4.98 Å². The highest BCUT2D eigenvalue weighted by Crippen LogP contribution is 2.31. The fourth-order valence-electron chi connectivity index (χ4n) is 4.73. The first-order valence-corrected chi connectivity index (χ1v) is 11.5. The van der Waals surface area contributed by atoms with Crippen molar-refractivity contribution in [3.8, 4) is 11.3 Å². The molecular formula is C29H25N5. The van der Waals surface area contributed by atoms with E-state index in [0.29, 0.717) is 0 Å². The third-order valence-corrected chi connectivity index (χ3v) is 6.76. The summed E-state index contributed by atoms with van der Waals surface area (Å²) in [5, 5.41) is 0. The molecule has 2 aliphatic heterocycles. The number of rotatable bonds is 1. The Bertz CT molecular complexity index is 1680. The molecule has 5 heteroatoms. The molecule has 6 heterocycles. The molecule has 4 aromatic rings. The summed E-state index contributed by atoms with van der Waals surface area (Å²) in [6.45, 7) is 8.47. The molecule has 0 radical (unpaired) electrons. The summed E-state index contributed by atoms with van der Waals surface area (Å²) in [7, 11) is 0. The Morgan fingerprint density at radius 2 is 1.24 bits per heavy atom. The summed E-state index contributed by atoms with van der Waals surface area (Å²) in [6.07, 6.45) is 10.2. The summed E-state index contributed by atoms with van der Waals surface area (Å²) in [5.41, 5.74) is 14.4. The maximum Gasteiger partial charge on any atom is 0.0752 e. The van der Waals surface area contributed by atoms with Gasteiger partial charge in [0.15, 0.2) is 0 Å². The van der Waals surface area contributed by atoms with Gasteiger partial charge in [0.2, 0.25) is 0 Å². The predicted molar refractivity (Wildman–Crippen MR) is 141 cm³/mol. The molecule has 5 nitrogen and oxygen atoms in total. The van der Waals surface area contributed by atoms with Crippen LogP contribution in [-0.4, -0.2) is 24.9 Å². The average Bonchev–Trinajstić information content (AvgIpc) is 3.65. The van der Waals surface area contributed by atoms with E-state index < -0.39 is 0 Å². The highest BCUT2D eigenvalue weighted by molar-refractivity contribution is 5.91. The van der Waals surface area contributed by atoms with Crippen molar-refractivity contribution in [2.24, 2.45) is 0 Å². The van der Waals surface area contributed by atoms with Crippen LogP contribution in [0.15, 0.2) is 42.6 Å². The molecule has 0 saturated carbocycles. The molecule has 0 spiro atoms. The van der Waals surface area contributed by atoms with Gasteiger partial charge in [-0.05, 0) is 105 Å². The smallest absolute Gasteiger partial charge is 0.0752 e. The normalized spacial score (nSPS) is 12.5. The van der Waals surface area contributed by atoms with Crippen molar-refractivity contribution in [2.75, 3.05) is 0 Å². The lowest BCUT2D eigenvalue weighted by molar-refractivity contribution is 1.23. The highest BCUT2D eigenvalue weighted by Gasteiger charge is 2.15. The van der Waals surface area contributed by atoms with E-state index in [9.17, 15) is 0 Å². The Morgan fingerprint density at radius 3 is 1.88 bits per heavy atom. The van der Waals surface area contributed by atoms with E-state index in [1.54, 1.807) is 0 Å². The molecule has 0 amide bonds. The second-order valence-electron chi connectivity index (χ2n) is 8.92. The minimum Gasteiger partial charge on any atom is -0.355 e. The maximum atomic E-state index is 5.04. The van der Waals surface area contributed by atoms with E-state index in [1.165, 1.54) is 5.56 Å². The van der Waals surface area contributed by atoms with Crippen LogP contribution >= 0.6 is 0 Å². The summed E-state index contributed by atoms with van der Waals surface area (Å²) in [5.74, 6) is 0. The molecule has 2 aliphatic rings. The van der Waals surface area contributed by atoms with Gasteiger partial charge in [0.1, 0.15) is 0 Å². The van der Waals surface area contributed by atoms with Crippen molar-refractivity contribution in [3.05, 3.63) is 87.6 Å². The molecule has 0 aromatic carbocycles. The zero-order chi connectivity index (χ0) is 23.4. The van der Waals surface area contributed by atoms with Crippen molar-refractivity contribution < 1.29 is 0 Å². The molecule has 166 valence electrons. The number of nitrogens with zero attached hydrogens (tertiary/aromatic N) is 3. The molecule has 2 N–H and O–H groups in total. The van der Waals surface area contributed by atoms with Gasteiger partial charge in [0.25, 0.3) is 0 Å². The van der Waals surface area contributed by atoms with Crippen LogP contribution in [0, 0.1) is 27.7 Å². The van der Waals surface area contributed by atoms with Gasteiger partial charge in [0.05, 0.1) is 34.0 Å². The Kier molecular flexibility index (Phi) is 4.59. The Morgan fingerprint density at radius 1 is 0.618 bits per heavy atom. The molecule has 0 unspecified atom stereocenters. The van der Waals surface area contributed by atoms with Gasteiger partial charge in [-0.15, -0.1) is 0 Å². The number of hydrogen-bond acceptors (Lipinski definition) is 3. The number of aromatic amines is 2. The van der Waals surface area contributed by atoms with Gasteiger partial charge in [0, 0.05) is 28.3 Å². The van der Waals surface area contributed by atoms with Gasteiger partial charge in [-0.25, -0.2) is 9.97 Å². The zero-order valence-corrected chi connectivity index (χ0v) is 19.7. The number of aromatic nitrogens is 5. The van der Waals surface area contributed by atoms with Gasteiger partial charge >= 0.3 is 0 Å². The van der Waals surface area contributed by atoms with Gasteiger partial charge in [-0.1, -0.05) is 6.07 Å². The Labute approximate surface area is 198 Å². The van der Waals surface area contributed by atoms with Crippen LogP contribution in [0.1, 0.15) is 45.0 Å². The van der Waals surface area contributed by atoms with Crippen molar-refractivity contribution in [3.63, 3.8) is 0 Å². The summed E-state index contributed by atoms with van der Waals surface area (Å²) >= 11 is 0. The second kappa shape index (κ2) is 7.66. The number of H-pyrrole nitrogens is 2. The predicted octanol–water partition coefficient (Wildman–Crippen LogP) is 6.95. The topological polar surface area (TPSA) is 70.2 Å². The van der Waals surface area contributed by atoms with Gasteiger partial charge in [-0.2, -0.15) is 0 Å². The number of hydrogen-bond donors (Lipinski definition) is 2. The monoisotopic (exact) mass is 443 g/mol. The van der Waals surface area contributed by atoms with Crippen LogP contribution in [0.3, 0.4) is 0 Å².